The number of hydrogen-bond donors (Lipinski definition) is 1. The Labute approximate surface area is 122 Å². The predicted molar refractivity (Wildman–Crippen MR) is 82.2 cm³/mol. The minimum atomic E-state index is 0.427. The van der Waals surface area contributed by atoms with Gasteiger partial charge in [-0.1, -0.05) is 33.1 Å². The molecule has 0 radical (unpaired) electrons. The van der Waals surface area contributed by atoms with Crippen molar-refractivity contribution in [2.75, 3.05) is 18.5 Å². The second-order valence-corrected chi connectivity index (χ2v) is 5.97. The van der Waals surface area contributed by atoms with E-state index in [1.54, 1.807) is 0 Å². The van der Waals surface area contributed by atoms with E-state index in [0.29, 0.717) is 12.0 Å². The minimum absolute atomic E-state index is 0.427. The molecule has 1 aromatic rings. The third-order valence-corrected chi connectivity index (χ3v) is 3.76. The van der Waals surface area contributed by atoms with E-state index in [1.165, 1.54) is 32.1 Å². The van der Waals surface area contributed by atoms with Crippen LogP contribution < -0.4 is 5.32 Å². The lowest BCUT2D eigenvalue weighted by Gasteiger charge is -2.22. The van der Waals surface area contributed by atoms with Gasteiger partial charge in [0.2, 0.25) is 5.95 Å². The van der Waals surface area contributed by atoms with Crippen LogP contribution in [-0.4, -0.2) is 29.2 Å². The molecule has 0 spiro atoms. The van der Waals surface area contributed by atoms with Crippen LogP contribution in [0, 0.1) is 6.92 Å². The Morgan fingerprint density at radius 3 is 2.70 bits per heavy atom. The first-order valence-corrected chi connectivity index (χ1v) is 7.86. The number of nitrogens with one attached hydrogen (secondary N) is 1. The van der Waals surface area contributed by atoms with Gasteiger partial charge >= 0.3 is 0 Å². The lowest BCUT2D eigenvalue weighted by molar-refractivity contribution is 0.0347. The van der Waals surface area contributed by atoms with E-state index in [2.05, 4.69) is 29.1 Å². The average Bonchev–Trinajstić information content (AvgIpc) is 2.44. The summed E-state index contributed by atoms with van der Waals surface area (Å²) in [4.78, 5) is 8.96. The molecule has 1 aliphatic rings. The van der Waals surface area contributed by atoms with E-state index >= 15 is 0 Å². The summed E-state index contributed by atoms with van der Waals surface area (Å²) in [6.07, 6.45) is 6.91. The molecule has 1 aromatic heterocycles. The molecule has 0 atom stereocenters. The summed E-state index contributed by atoms with van der Waals surface area (Å²) in [6.45, 7) is 7.82. The molecule has 1 fully saturated rings. The Hall–Kier alpha value is -1.16. The highest BCUT2D eigenvalue weighted by molar-refractivity contribution is 5.28. The molecule has 0 unspecified atom stereocenters. The highest BCUT2D eigenvalue weighted by Gasteiger charge is 2.13. The van der Waals surface area contributed by atoms with Crippen molar-refractivity contribution in [2.24, 2.45) is 0 Å². The average molecular weight is 277 g/mol. The number of nitrogens with zero attached hydrogens (tertiary/aromatic N) is 2. The Balaban J connectivity index is 1.75. The molecule has 20 heavy (non-hydrogen) atoms. The normalized spacial score (nSPS) is 16.6. The molecular weight excluding hydrogens is 250 g/mol. The summed E-state index contributed by atoms with van der Waals surface area (Å²) >= 11 is 0. The molecule has 2 rings (SSSR count). The molecule has 4 nitrogen and oxygen atoms in total. The lowest BCUT2D eigenvalue weighted by Crippen LogP contribution is -2.21. The van der Waals surface area contributed by atoms with Crippen molar-refractivity contribution >= 4 is 5.95 Å². The van der Waals surface area contributed by atoms with Crippen LogP contribution in [0.25, 0.3) is 0 Å². The fourth-order valence-corrected chi connectivity index (χ4v) is 2.59. The smallest absolute Gasteiger partial charge is 0.223 e. The van der Waals surface area contributed by atoms with Gasteiger partial charge in [0.1, 0.15) is 0 Å². The molecule has 0 saturated heterocycles. The van der Waals surface area contributed by atoms with Crippen LogP contribution in [-0.2, 0) is 4.74 Å². The SMILES string of the molecule is Cc1cc(C(C)C)nc(NCCOC2CCCCC2)n1. The number of anilines is 1. The summed E-state index contributed by atoms with van der Waals surface area (Å²) in [6, 6.07) is 2.05. The van der Waals surface area contributed by atoms with Crippen molar-refractivity contribution in [2.45, 2.75) is 64.9 Å². The van der Waals surface area contributed by atoms with Crippen molar-refractivity contribution in [3.8, 4) is 0 Å². The van der Waals surface area contributed by atoms with Crippen LogP contribution in [0.2, 0.25) is 0 Å². The van der Waals surface area contributed by atoms with Crippen LogP contribution in [0.15, 0.2) is 6.07 Å². The molecule has 1 N–H and O–H groups in total. The van der Waals surface area contributed by atoms with Gasteiger partial charge in [0.05, 0.1) is 12.7 Å². The maximum absolute atomic E-state index is 5.89. The van der Waals surface area contributed by atoms with Crippen molar-refractivity contribution in [1.29, 1.82) is 0 Å². The largest absolute Gasteiger partial charge is 0.376 e. The fraction of sp³-hybridized carbons (Fsp3) is 0.750. The fourth-order valence-electron chi connectivity index (χ4n) is 2.59. The van der Waals surface area contributed by atoms with Gasteiger partial charge in [0, 0.05) is 17.9 Å². The van der Waals surface area contributed by atoms with Crippen LogP contribution in [0.3, 0.4) is 0 Å². The minimum Gasteiger partial charge on any atom is -0.376 e. The maximum atomic E-state index is 5.89. The second kappa shape index (κ2) is 7.58. The second-order valence-electron chi connectivity index (χ2n) is 5.97. The van der Waals surface area contributed by atoms with Crippen molar-refractivity contribution in [3.05, 3.63) is 17.5 Å². The Morgan fingerprint density at radius 1 is 1.25 bits per heavy atom. The third kappa shape index (κ3) is 4.75. The molecule has 112 valence electrons. The molecule has 4 heteroatoms. The van der Waals surface area contributed by atoms with Gasteiger partial charge in [-0.3, -0.25) is 0 Å². The van der Waals surface area contributed by atoms with E-state index in [0.717, 1.165) is 30.5 Å². The van der Waals surface area contributed by atoms with Crippen LogP contribution >= 0.6 is 0 Å². The van der Waals surface area contributed by atoms with Gasteiger partial charge < -0.3 is 10.1 Å². The van der Waals surface area contributed by atoms with E-state index in [4.69, 9.17) is 4.74 Å². The lowest BCUT2D eigenvalue weighted by atomic mass is 9.98. The Kier molecular flexibility index (Phi) is 5.77. The topological polar surface area (TPSA) is 47.0 Å². The van der Waals surface area contributed by atoms with Crippen LogP contribution in [0.4, 0.5) is 5.95 Å². The molecule has 0 aliphatic heterocycles. The van der Waals surface area contributed by atoms with Crippen molar-refractivity contribution in [1.82, 2.24) is 9.97 Å². The predicted octanol–water partition coefficient (Wildman–Crippen LogP) is 3.67. The zero-order valence-electron chi connectivity index (χ0n) is 13.0. The van der Waals surface area contributed by atoms with Crippen molar-refractivity contribution in [3.63, 3.8) is 0 Å². The Morgan fingerprint density at radius 2 is 2.00 bits per heavy atom. The summed E-state index contributed by atoms with van der Waals surface area (Å²) in [5, 5.41) is 3.27. The number of ether oxygens (including phenoxy) is 1. The van der Waals surface area contributed by atoms with Gasteiger partial charge in [-0.2, -0.15) is 0 Å². The molecule has 0 amide bonds. The number of aromatic nitrogens is 2. The van der Waals surface area contributed by atoms with Crippen LogP contribution in [0.1, 0.15) is 63.3 Å². The summed E-state index contributed by atoms with van der Waals surface area (Å²) in [7, 11) is 0. The first-order chi connectivity index (χ1) is 9.65. The zero-order chi connectivity index (χ0) is 14.4. The standard InChI is InChI=1S/C16H27N3O/c1-12(2)15-11-13(3)18-16(19-15)17-9-10-20-14-7-5-4-6-8-14/h11-12,14H,4-10H2,1-3H3,(H,17,18,19). The Bertz CT molecular complexity index is 414. The highest BCUT2D eigenvalue weighted by atomic mass is 16.5. The van der Waals surface area contributed by atoms with Gasteiger partial charge in [-0.15, -0.1) is 0 Å². The van der Waals surface area contributed by atoms with Crippen molar-refractivity contribution < 1.29 is 4.74 Å². The molecule has 1 aliphatic carbocycles. The molecule has 0 bridgehead atoms. The monoisotopic (exact) mass is 277 g/mol. The quantitative estimate of drug-likeness (QED) is 0.806. The van der Waals surface area contributed by atoms with E-state index < -0.39 is 0 Å². The van der Waals surface area contributed by atoms with Gasteiger partial charge in [0.25, 0.3) is 0 Å². The van der Waals surface area contributed by atoms with Gasteiger partial charge in [-0.25, -0.2) is 9.97 Å². The number of aryl methyl sites for hydroxylation is 1. The maximum Gasteiger partial charge on any atom is 0.223 e. The van der Waals surface area contributed by atoms with E-state index in [1.807, 2.05) is 13.0 Å². The molecule has 1 heterocycles. The van der Waals surface area contributed by atoms with Gasteiger partial charge in [0.15, 0.2) is 0 Å². The number of rotatable bonds is 6. The van der Waals surface area contributed by atoms with Gasteiger partial charge in [-0.05, 0) is 31.7 Å². The summed E-state index contributed by atoms with van der Waals surface area (Å²) in [5.41, 5.74) is 2.10. The summed E-state index contributed by atoms with van der Waals surface area (Å²) in [5.74, 6) is 1.15. The summed E-state index contributed by atoms with van der Waals surface area (Å²) < 4.78 is 5.89. The van der Waals surface area contributed by atoms with E-state index in [-0.39, 0.29) is 0 Å². The third-order valence-electron chi connectivity index (χ3n) is 3.76. The first-order valence-electron chi connectivity index (χ1n) is 7.86. The number of hydrogen-bond acceptors (Lipinski definition) is 4. The van der Waals surface area contributed by atoms with E-state index in [9.17, 15) is 0 Å². The molecule has 0 aromatic carbocycles. The first kappa shape index (κ1) is 15.2. The molecule has 1 saturated carbocycles. The zero-order valence-corrected chi connectivity index (χ0v) is 13.0. The highest BCUT2D eigenvalue weighted by Crippen LogP contribution is 2.20. The molecular formula is C16H27N3O. The van der Waals surface area contributed by atoms with Crippen LogP contribution in [0.5, 0.6) is 0 Å².